The number of nitrogens with one attached hydrogen (secondary N) is 2. The Balaban J connectivity index is 1.38. The average molecular weight is 397 g/mol. The molecule has 4 heterocycles. The molecule has 5 aromatic rings. The molecule has 0 saturated heterocycles. The lowest BCUT2D eigenvalue weighted by Crippen LogP contribution is -2.08. The van der Waals surface area contributed by atoms with Crippen molar-refractivity contribution in [1.82, 2.24) is 40.2 Å². The monoisotopic (exact) mass is 397 g/mol. The van der Waals surface area contributed by atoms with Gasteiger partial charge in [-0.25, -0.2) is 10.1 Å². The molecule has 9 heteroatoms. The molecular formula is C21H19N9. The first-order chi connectivity index (χ1) is 14.8. The minimum Gasteiger partial charge on any atom is -0.364 e. The molecule has 9 nitrogen and oxygen atoms in total. The highest BCUT2D eigenvalue weighted by Gasteiger charge is 2.11. The summed E-state index contributed by atoms with van der Waals surface area (Å²) >= 11 is 0. The van der Waals surface area contributed by atoms with Crippen molar-refractivity contribution in [3.05, 3.63) is 72.3 Å². The van der Waals surface area contributed by atoms with E-state index >= 15 is 0 Å². The normalized spacial score (nSPS) is 11.1. The molecule has 0 radical (unpaired) electrons. The Kier molecular flexibility index (Phi) is 4.60. The number of aromatic amines is 1. The van der Waals surface area contributed by atoms with E-state index in [1.807, 2.05) is 48.7 Å². The first-order valence-electron chi connectivity index (χ1n) is 9.68. The summed E-state index contributed by atoms with van der Waals surface area (Å²) in [4.78, 5) is 9.21. The predicted octanol–water partition coefficient (Wildman–Crippen LogP) is 3.15. The van der Waals surface area contributed by atoms with Crippen LogP contribution < -0.4 is 5.32 Å². The van der Waals surface area contributed by atoms with Gasteiger partial charge in [0.05, 0.1) is 18.4 Å². The third-order valence-corrected chi connectivity index (χ3v) is 4.89. The Bertz CT molecular complexity index is 1270. The maximum atomic E-state index is 4.63. The van der Waals surface area contributed by atoms with Gasteiger partial charge in [0.2, 0.25) is 0 Å². The number of tetrazole rings is 1. The summed E-state index contributed by atoms with van der Waals surface area (Å²) in [5.74, 6) is 1.53. The molecule has 1 aromatic carbocycles. The summed E-state index contributed by atoms with van der Waals surface area (Å²) in [5, 5.41) is 22.0. The first-order valence-corrected chi connectivity index (χ1v) is 9.68. The molecule has 0 fully saturated rings. The van der Waals surface area contributed by atoms with Crippen LogP contribution in [0, 0.1) is 0 Å². The molecule has 30 heavy (non-hydrogen) atoms. The number of fused-ring (bicyclic) bond motifs is 1. The van der Waals surface area contributed by atoms with E-state index in [1.54, 1.807) is 10.7 Å². The van der Waals surface area contributed by atoms with Crippen molar-refractivity contribution in [3.63, 3.8) is 0 Å². The van der Waals surface area contributed by atoms with Gasteiger partial charge in [0.15, 0.2) is 11.5 Å². The smallest absolute Gasteiger partial charge is 0.180 e. The SMILES string of the molecule is CCc1cc(NCc2ccc(-c3ccccc3-c3nnn[nH]3)cn2)n2nccc2n1. The van der Waals surface area contributed by atoms with Crippen LogP contribution in [-0.2, 0) is 13.0 Å². The van der Waals surface area contributed by atoms with Crippen LogP contribution in [0.4, 0.5) is 5.82 Å². The van der Waals surface area contributed by atoms with Crippen LogP contribution in [0.2, 0.25) is 0 Å². The number of hydrogen-bond donors (Lipinski definition) is 2. The fourth-order valence-corrected chi connectivity index (χ4v) is 3.36. The Hall–Kier alpha value is -4.14. The van der Waals surface area contributed by atoms with Gasteiger partial charge in [0.25, 0.3) is 0 Å². The molecule has 0 aliphatic carbocycles. The molecule has 0 spiro atoms. The van der Waals surface area contributed by atoms with Crippen molar-refractivity contribution in [2.75, 3.05) is 5.32 Å². The third kappa shape index (κ3) is 3.37. The summed E-state index contributed by atoms with van der Waals surface area (Å²) in [5.41, 5.74) is 5.72. The summed E-state index contributed by atoms with van der Waals surface area (Å²) < 4.78 is 1.80. The second kappa shape index (κ2) is 7.70. The van der Waals surface area contributed by atoms with Gasteiger partial charge in [-0.05, 0) is 28.5 Å². The lowest BCUT2D eigenvalue weighted by molar-refractivity contribution is 0.881. The number of rotatable bonds is 6. The topological polar surface area (TPSA) is 110 Å². The van der Waals surface area contributed by atoms with Crippen molar-refractivity contribution < 1.29 is 0 Å². The van der Waals surface area contributed by atoms with Crippen molar-refractivity contribution >= 4 is 11.5 Å². The van der Waals surface area contributed by atoms with E-state index in [0.29, 0.717) is 12.4 Å². The minimum atomic E-state index is 0.579. The fraction of sp³-hybridized carbons (Fsp3) is 0.143. The average Bonchev–Trinajstić information content (AvgIpc) is 3.50. The van der Waals surface area contributed by atoms with Crippen LogP contribution in [0.15, 0.2) is 60.9 Å². The van der Waals surface area contributed by atoms with Gasteiger partial charge in [0.1, 0.15) is 5.82 Å². The predicted molar refractivity (Wildman–Crippen MR) is 113 cm³/mol. The Morgan fingerprint density at radius 2 is 1.93 bits per heavy atom. The summed E-state index contributed by atoms with van der Waals surface area (Å²) in [6, 6.07) is 16.0. The lowest BCUT2D eigenvalue weighted by Gasteiger charge is -2.11. The maximum absolute atomic E-state index is 4.63. The molecule has 4 aromatic heterocycles. The van der Waals surface area contributed by atoms with Gasteiger partial charge in [-0.3, -0.25) is 4.98 Å². The summed E-state index contributed by atoms with van der Waals surface area (Å²) in [7, 11) is 0. The van der Waals surface area contributed by atoms with Crippen molar-refractivity contribution in [2.45, 2.75) is 19.9 Å². The number of aromatic nitrogens is 8. The molecule has 0 aliphatic heterocycles. The number of nitrogens with zero attached hydrogens (tertiary/aromatic N) is 7. The molecule has 0 amide bonds. The van der Waals surface area contributed by atoms with Gasteiger partial charge in [0, 0.05) is 35.2 Å². The van der Waals surface area contributed by atoms with Gasteiger partial charge in [-0.1, -0.05) is 37.3 Å². The van der Waals surface area contributed by atoms with Crippen LogP contribution in [0.3, 0.4) is 0 Å². The van der Waals surface area contributed by atoms with Crippen molar-refractivity contribution in [2.24, 2.45) is 0 Å². The van der Waals surface area contributed by atoms with Gasteiger partial charge >= 0.3 is 0 Å². The maximum Gasteiger partial charge on any atom is 0.180 e. The largest absolute Gasteiger partial charge is 0.364 e. The van der Waals surface area contributed by atoms with E-state index in [4.69, 9.17) is 0 Å². The molecule has 0 saturated carbocycles. The van der Waals surface area contributed by atoms with E-state index in [9.17, 15) is 0 Å². The molecule has 2 N–H and O–H groups in total. The van der Waals surface area contributed by atoms with Crippen molar-refractivity contribution in [1.29, 1.82) is 0 Å². The lowest BCUT2D eigenvalue weighted by atomic mass is 10.0. The Morgan fingerprint density at radius 3 is 2.70 bits per heavy atom. The Morgan fingerprint density at radius 1 is 1.03 bits per heavy atom. The number of aryl methyl sites for hydroxylation is 1. The molecule has 148 valence electrons. The van der Waals surface area contributed by atoms with Crippen LogP contribution in [0.5, 0.6) is 0 Å². The van der Waals surface area contributed by atoms with E-state index < -0.39 is 0 Å². The highest BCUT2D eigenvalue weighted by Crippen LogP contribution is 2.29. The van der Waals surface area contributed by atoms with Crippen molar-refractivity contribution in [3.8, 4) is 22.5 Å². The zero-order valence-corrected chi connectivity index (χ0v) is 16.3. The van der Waals surface area contributed by atoms with Gasteiger partial charge in [-0.2, -0.15) is 9.61 Å². The second-order valence-corrected chi connectivity index (χ2v) is 6.77. The van der Waals surface area contributed by atoms with Crippen LogP contribution in [-0.4, -0.2) is 40.2 Å². The zero-order chi connectivity index (χ0) is 20.3. The van der Waals surface area contributed by atoms with Gasteiger partial charge in [-0.15, -0.1) is 5.10 Å². The summed E-state index contributed by atoms with van der Waals surface area (Å²) in [6.07, 6.45) is 4.48. The highest BCUT2D eigenvalue weighted by molar-refractivity contribution is 5.79. The summed E-state index contributed by atoms with van der Waals surface area (Å²) in [6.45, 7) is 2.67. The number of benzene rings is 1. The standard InChI is InChI=1S/C21H19N9/c1-2-15-11-20(30-19(25-15)9-10-24-30)23-13-16-8-7-14(12-22-16)17-5-3-4-6-18(17)21-26-28-29-27-21/h3-12,23H,2,13H2,1H3,(H,26,27,28,29). The zero-order valence-electron chi connectivity index (χ0n) is 16.3. The molecule has 0 atom stereocenters. The number of pyridine rings is 1. The van der Waals surface area contributed by atoms with Crippen LogP contribution >= 0.6 is 0 Å². The quantitative estimate of drug-likeness (QED) is 0.453. The third-order valence-electron chi connectivity index (χ3n) is 4.89. The minimum absolute atomic E-state index is 0.579. The second-order valence-electron chi connectivity index (χ2n) is 6.77. The number of anilines is 1. The first kappa shape index (κ1) is 17.9. The van der Waals surface area contributed by atoms with E-state index in [0.717, 1.165) is 46.0 Å². The number of H-pyrrole nitrogens is 1. The van der Waals surface area contributed by atoms with E-state index in [-0.39, 0.29) is 0 Å². The molecule has 0 bridgehead atoms. The number of hydrogen-bond acceptors (Lipinski definition) is 7. The van der Waals surface area contributed by atoms with Crippen LogP contribution in [0.1, 0.15) is 18.3 Å². The van der Waals surface area contributed by atoms with E-state index in [2.05, 4.69) is 54.0 Å². The highest BCUT2D eigenvalue weighted by atomic mass is 15.5. The molecule has 0 unspecified atom stereocenters. The Labute approximate surface area is 172 Å². The molecule has 0 aliphatic rings. The van der Waals surface area contributed by atoms with Gasteiger partial charge < -0.3 is 5.32 Å². The van der Waals surface area contributed by atoms with E-state index in [1.165, 1.54) is 0 Å². The van der Waals surface area contributed by atoms with Crippen LogP contribution in [0.25, 0.3) is 28.2 Å². The fourth-order valence-electron chi connectivity index (χ4n) is 3.36. The molecular weight excluding hydrogens is 378 g/mol. The molecule has 5 rings (SSSR count).